The highest BCUT2D eigenvalue weighted by Gasteiger charge is 2.33. The highest BCUT2D eigenvalue weighted by atomic mass is 16.5. The summed E-state index contributed by atoms with van der Waals surface area (Å²) < 4.78 is 11.3. The Morgan fingerprint density at radius 2 is 1.09 bits per heavy atom. The van der Waals surface area contributed by atoms with Crippen molar-refractivity contribution in [2.75, 3.05) is 14.2 Å². The lowest BCUT2D eigenvalue weighted by Gasteiger charge is -2.20. The Balaban J connectivity index is 2.04. The van der Waals surface area contributed by atoms with Crippen LogP contribution in [0.1, 0.15) is 22.6 Å². The monoisotopic (exact) mass is 302 g/mol. The molecule has 1 aliphatic carbocycles. The number of methoxy groups -OCH3 is 2. The molecule has 0 amide bonds. The zero-order valence-electron chi connectivity index (χ0n) is 13.2. The van der Waals surface area contributed by atoms with Gasteiger partial charge in [0.2, 0.25) is 0 Å². The molecule has 2 nitrogen and oxygen atoms in total. The maximum absolute atomic E-state index is 5.65. The van der Waals surface area contributed by atoms with E-state index in [1.54, 1.807) is 14.2 Å². The molecule has 0 radical (unpaired) electrons. The van der Waals surface area contributed by atoms with E-state index >= 15 is 0 Å². The minimum Gasteiger partial charge on any atom is -0.496 e. The molecule has 0 atom stereocenters. The van der Waals surface area contributed by atoms with Gasteiger partial charge in [-0.15, -0.1) is 0 Å². The van der Waals surface area contributed by atoms with Crippen LogP contribution < -0.4 is 9.47 Å². The van der Waals surface area contributed by atoms with Gasteiger partial charge in [0.25, 0.3) is 0 Å². The van der Waals surface area contributed by atoms with E-state index in [0.717, 1.165) is 17.1 Å². The fourth-order valence-electron chi connectivity index (χ4n) is 3.63. The molecule has 3 aromatic rings. The van der Waals surface area contributed by atoms with Crippen molar-refractivity contribution in [2.45, 2.75) is 5.92 Å². The van der Waals surface area contributed by atoms with Gasteiger partial charge in [-0.2, -0.15) is 0 Å². The van der Waals surface area contributed by atoms with Gasteiger partial charge >= 0.3 is 0 Å². The van der Waals surface area contributed by atoms with Gasteiger partial charge in [0, 0.05) is 11.5 Å². The van der Waals surface area contributed by atoms with E-state index in [1.807, 2.05) is 18.2 Å². The Bertz CT molecular complexity index is 799. The fraction of sp³-hybridized carbons (Fsp3) is 0.143. The summed E-state index contributed by atoms with van der Waals surface area (Å²) in [6.07, 6.45) is 0. The number of ether oxygens (including phenoxy) is 2. The van der Waals surface area contributed by atoms with Crippen molar-refractivity contribution < 1.29 is 9.47 Å². The van der Waals surface area contributed by atoms with E-state index in [4.69, 9.17) is 9.47 Å². The van der Waals surface area contributed by atoms with Crippen LogP contribution in [0.4, 0.5) is 0 Å². The number of hydrogen-bond acceptors (Lipinski definition) is 2. The molecule has 114 valence electrons. The lowest BCUT2D eigenvalue weighted by atomic mass is 9.88. The summed E-state index contributed by atoms with van der Waals surface area (Å²) in [4.78, 5) is 0. The molecule has 2 heteroatoms. The summed E-state index contributed by atoms with van der Waals surface area (Å²) in [5.41, 5.74) is 6.28. The Labute approximate surface area is 136 Å². The Kier molecular flexibility index (Phi) is 3.30. The average Bonchev–Trinajstić information content (AvgIpc) is 2.95. The number of fused-ring (bicyclic) bond motifs is 3. The summed E-state index contributed by atoms with van der Waals surface area (Å²) in [7, 11) is 3.43. The first kappa shape index (κ1) is 13.9. The van der Waals surface area contributed by atoms with Gasteiger partial charge in [0.1, 0.15) is 11.5 Å². The Morgan fingerprint density at radius 1 is 0.609 bits per heavy atom. The van der Waals surface area contributed by atoms with Gasteiger partial charge in [-0.3, -0.25) is 0 Å². The molecule has 0 heterocycles. The Hall–Kier alpha value is -2.74. The molecular formula is C21H18O2. The summed E-state index contributed by atoms with van der Waals surface area (Å²) in [5.74, 6) is 1.86. The third-order valence-electron chi connectivity index (χ3n) is 4.59. The van der Waals surface area contributed by atoms with Crippen molar-refractivity contribution in [3.63, 3.8) is 0 Å². The van der Waals surface area contributed by atoms with Crippen LogP contribution in [-0.2, 0) is 0 Å². The first-order chi connectivity index (χ1) is 11.3. The molecule has 23 heavy (non-hydrogen) atoms. The van der Waals surface area contributed by atoms with Gasteiger partial charge < -0.3 is 9.47 Å². The van der Waals surface area contributed by atoms with E-state index in [0.29, 0.717) is 0 Å². The van der Waals surface area contributed by atoms with Crippen molar-refractivity contribution in [1.82, 2.24) is 0 Å². The molecule has 3 aromatic carbocycles. The summed E-state index contributed by atoms with van der Waals surface area (Å²) in [5, 5.41) is 0. The minimum absolute atomic E-state index is 0.133. The largest absolute Gasteiger partial charge is 0.496 e. The van der Waals surface area contributed by atoms with Crippen LogP contribution in [-0.4, -0.2) is 14.2 Å². The lowest BCUT2D eigenvalue weighted by molar-refractivity contribution is 0.384. The lowest BCUT2D eigenvalue weighted by Crippen LogP contribution is -2.04. The zero-order valence-corrected chi connectivity index (χ0v) is 13.2. The maximum Gasteiger partial charge on any atom is 0.126 e. The SMILES string of the molecule is COc1cccc(OC)c1C1c2ccccc2-c2ccccc21. The molecule has 0 aliphatic heterocycles. The van der Waals surface area contributed by atoms with Crippen LogP contribution in [0, 0.1) is 0 Å². The molecule has 0 spiro atoms. The third kappa shape index (κ3) is 2.02. The van der Waals surface area contributed by atoms with E-state index in [9.17, 15) is 0 Å². The highest BCUT2D eigenvalue weighted by molar-refractivity contribution is 5.81. The van der Waals surface area contributed by atoms with Gasteiger partial charge in [0.15, 0.2) is 0 Å². The van der Waals surface area contributed by atoms with E-state index < -0.39 is 0 Å². The normalized spacial score (nSPS) is 12.6. The molecule has 1 aliphatic rings. The van der Waals surface area contributed by atoms with Gasteiger partial charge in [0.05, 0.1) is 14.2 Å². The van der Waals surface area contributed by atoms with Crippen molar-refractivity contribution in [3.8, 4) is 22.6 Å². The van der Waals surface area contributed by atoms with Crippen LogP contribution in [0.25, 0.3) is 11.1 Å². The molecule has 0 bridgehead atoms. The average molecular weight is 302 g/mol. The second-order valence-electron chi connectivity index (χ2n) is 5.68. The van der Waals surface area contributed by atoms with Gasteiger partial charge in [-0.05, 0) is 34.4 Å². The summed E-state index contributed by atoms with van der Waals surface area (Å²) >= 11 is 0. The molecule has 0 N–H and O–H groups in total. The number of benzene rings is 3. The van der Waals surface area contributed by atoms with Crippen molar-refractivity contribution in [1.29, 1.82) is 0 Å². The zero-order chi connectivity index (χ0) is 15.8. The van der Waals surface area contributed by atoms with E-state index in [1.165, 1.54) is 22.3 Å². The highest BCUT2D eigenvalue weighted by Crippen LogP contribution is 2.52. The molecule has 4 rings (SSSR count). The van der Waals surface area contributed by atoms with Gasteiger partial charge in [-0.25, -0.2) is 0 Å². The number of rotatable bonds is 3. The van der Waals surface area contributed by atoms with E-state index in [-0.39, 0.29) is 5.92 Å². The second-order valence-corrected chi connectivity index (χ2v) is 5.68. The van der Waals surface area contributed by atoms with Gasteiger partial charge in [-0.1, -0.05) is 54.6 Å². The van der Waals surface area contributed by atoms with Crippen molar-refractivity contribution >= 4 is 0 Å². The molecule has 0 aromatic heterocycles. The smallest absolute Gasteiger partial charge is 0.126 e. The van der Waals surface area contributed by atoms with Crippen LogP contribution in [0.15, 0.2) is 66.7 Å². The van der Waals surface area contributed by atoms with Crippen LogP contribution in [0.5, 0.6) is 11.5 Å². The molecular weight excluding hydrogens is 284 g/mol. The molecule has 0 saturated carbocycles. The Morgan fingerprint density at radius 3 is 1.57 bits per heavy atom. The summed E-state index contributed by atoms with van der Waals surface area (Å²) in [6.45, 7) is 0. The quantitative estimate of drug-likeness (QED) is 0.538. The van der Waals surface area contributed by atoms with Crippen LogP contribution in [0.2, 0.25) is 0 Å². The first-order valence-corrected chi connectivity index (χ1v) is 7.74. The van der Waals surface area contributed by atoms with Crippen molar-refractivity contribution in [2.24, 2.45) is 0 Å². The topological polar surface area (TPSA) is 18.5 Å². The fourth-order valence-corrected chi connectivity index (χ4v) is 3.63. The predicted octanol–water partition coefficient (Wildman–Crippen LogP) is 4.86. The standard InChI is InChI=1S/C21H18O2/c1-22-18-12-7-13-19(23-2)21(18)20-16-10-5-3-8-14(16)15-9-4-6-11-17(15)20/h3-13,20H,1-2H3. The first-order valence-electron chi connectivity index (χ1n) is 7.74. The summed E-state index contributed by atoms with van der Waals surface area (Å²) in [6, 6.07) is 23.1. The second kappa shape index (κ2) is 5.47. The minimum atomic E-state index is 0.133. The van der Waals surface area contributed by atoms with Crippen LogP contribution in [0.3, 0.4) is 0 Å². The van der Waals surface area contributed by atoms with Crippen LogP contribution >= 0.6 is 0 Å². The molecule has 0 fully saturated rings. The molecule has 0 unspecified atom stereocenters. The predicted molar refractivity (Wildman–Crippen MR) is 92.4 cm³/mol. The van der Waals surface area contributed by atoms with Crippen molar-refractivity contribution in [3.05, 3.63) is 83.4 Å². The third-order valence-corrected chi connectivity index (χ3v) is 4.59. The van der Waals surface area contributed by atoms with E-state index in [2.05, 4.69) is 48.5 Å². The number of hydrogen-bond donors (Lipinski definition) is 0. The maximum atomic E-state index is 5.65. The molecule has 0 saturated heterocycles.